The van der Waals surface area contributed by atoms with Crippen LogP contribution in [0.1, 0.15) is 21.3 Å². The van der Waals surface area contributed by atoms with Crippen molar-refractivity contribution in [3.63, 3.8) is 0 Å². The van der Waals surface area contributed by atoms with Crippen LogP contribution in [0, 0.1) is 0 Å². The van der Waals surface area contributed by atoms with Crippen LogP contribution >= 0.6 is 11.3 Å². The van der Waals surface area contributed by atoms with Gasteiger partial charge in [0.05, 0.1) is 11.3 Å². The van der Waals surface area contributed by atoms with Crippen molar-refractivity contribution in [3.05, 3.63) is 46.2 Å². The zero-order valence-corrected chi connectivity index (χ0v) is 18.7. The molecule has 2 heterocycles. The molecule has 9 nitrogen and oxygen atoms in total. The van der Waals surface area contributed by atoms with E-state index in [1.807, 2.05) is 0 Å². The first-order valence-corrected chi connectivity index (χ1v) is 11.4. The minimum absolute atomic E-state index is 0.0122. The Morgan fingerprint density at radius 1 is 1.28 bits per heavy atom. The van der Waals surface area contributed by atoms with E-state index in [0.29, 0.717) is 0 Å². The fourth-order valence-electron chi connectivity index (χ4n) is 3.34. The topological polar surface area (TPSA) is 114 Å². The molecule has 0 radical (unpaired) electrons. The van der Waals surface area contributed by atoms with Crippen molar-refractivity contribution in [3.8, 4) is 5.75 Å². The summed E-state index contributed by atoms with van der Waals surface area (Å²) >= 11 is 0.884. The van der Waals surface area contributed by atoms with E-state index in [1.165, 1.54) is 49.8 Å². The Bertz CT molecular complexity index is 1140. The molecule has 1 unspecified atom stereocenters. The third-order valence-electron chi connectivity index (χ3n) is 4.85. The van der Waals surface area contributed by atoms with Gasteiger partial charge in [-0.1, -0.05) is 12.1 Å². The molecule has 0 fully saturated rings. The number of halogens is 3. The number of likely N-dealkylation sites (N-methyl/N-ethyl adjacent to an activating group) is 2. The molecule has 0 bridgehead atoms. The highest BCUT2D eigenvalue weighted by Crippen LogP contribution is 2.41. The van der Waals surface area contributed by atoms with Gasteiger partial charge in [-0.05, 0) is 30.6 Å². The molecule has 0 aliphatic carbocycles. The maximum Gasteiger partial charge on any atom is 0.408 e. The molecule has 1 aliphatic heterocycles. The van der Waals surface area contributed by atoms with Crippen LogP contribution < -0.4 is 14.9 Å². The number of alkyl halides is 3. The largest absolute Gasteiger partial charge is 0.505 e. The van der Waals surface area contributed by atoms with E-state index >= 15 is 0 Å². The van der Waals surface area contributed by atoms with Crippen LogP contribution in [0.25, 0.3) is 0 Å². The summed E-state index contributed by atoms with van der Waals surface area (Å²) in [4.78, 5) is 13.9. The van der Waals surface area contributed by atoms with Crippen LogP contribution in [0.3, 0.4) is 0 Å². The molecule has 0 saturated carbocycles. The number of hydrogen-bond acceptors (Lipinski definition) is 7. The molecule has 3 N–H and O–H groups in total. The van der Waals surface area contributed by atoms with Crippen molar-refractivity contribution in [2.24, 2.45) is 4.40 Å². The summed E-state index contributed by atoms with van der Waals surface area (Å²) in [7, 11) is -0.484. The highest BCUT2D eigenvalue weighted by atomic mass is 32.2. The number of hydrogen-bond donors (Lipinski definition) is 3. The normalized spacial score (nSPS) is 19.0. The van der Waals surface area contributed by atoms with Crippen molar-refractivity contribution < 1.29 is 31.5 Å². The lowest BCUT2D eigenvalue weighted by Crippen LogP contribution is -2.54. The maximum atomic E-state index is 13.9. The van der Waals surface area contributed by atoms with E-state index in [9.17, 15) is 31.5 Å². The predicted molar refractivity (Wildman–Crippen MR) is 114 cm³/mol. The Hall–Kier alpha value is -2.68. The SMILES string of the molecule is CNC(=O)c1cccc(N(C)C2=NS(=O)(=O)NC2N(C)[C@@H](c2cccs2)C(F)(F)F)c1O. The van der Waals surface area contributed by atoms with Crippen LogP contribution in [0.5, 0.6) is 5.75 Å². The number of thiophene rings is 1. The van der Waals surface area contributed by atoms with Crippen LogP contribution in [0.15, 0.2) is 40.1 Å². The summed E-state index contributed by atoms with van der Waals surface area (Å²) in [5, 5.41) is 14.4. The number of anilines is 1. The second-order valence-electron chi connectivity index (χ2n) is 6.88. The molecule has 2 aromatic rings. The van der Waals surface area contributed by atoms with Crippen LogP contribution in [-0.2, 0) is 10.2 Å². The predicted octanol–water partition coefficient (Wildman–Crippen LogP) is 2.06. The number of aromatic hydroxyl groups is 1. The van der Waals surface area contributed by atoms with Gasteiger partial charge in [0, 0.05) is 19.0 Å². The van der Waals surface area contributed by atoms with Gasteiger partial charge in [-0.15, -0.1) is 15.7 Å². The van der Waals surface area contributed by atoms with E-state index in [1.54, 1.807) is 0 Å². The summed E-state index contributed by atoms with van der Waals surface area (Å²) in [6.07, 6.45) is -6.21. The first kappa shape index (κ1) is 24.0. The number of rotatable bonds is 5. The van der Waals surface area contributed by atoms with Crippen LogP contribution in [0.4, 0.5) is 18.9 Å². The van der Waals surface area contributed by atoms with Gasteiger partial charge in [0.1, 0.15) is 12.2 Å². The smallest absolute Gasteiger partial charge is 0.408 e. The molecule has 3 rings (SSSR count). The van der Waals surface area contributed by atoms with Gasteiger partial charge in [0.2, 0.25) is 0 Å². The molecule has 1 aliphatic rings. The van der Waals surface area contributed by atoms with Crippen molar-refractivity contribution in [2.75, 3.05) is 26.0 Å². The fraction of sp³-hybridized carbons (Fsp3) is 0.333. The summed E-state index contributed by atoms with van der Waals surface area (Å²) in [6.45, 7) is 0. The highest BCUT2D eigenvalue weighted by molar-refractivity contribution is 7.88. The zero-order chi connectivity index (χ0) is 23.8. The first-order chi connectivity index (χ1) is 14.9. The number of amides is 1. The Labute approximate surface area is 186 Å². The fourth-order valence-corrected chi connectivity index (χ4v) is 5.31. The van der Waals surface area contributed by atoms with Gasteiger partial charge in [0.15, 0.2) is 11.6 Å². The number of phenolic OH excluding ortho intramolecular Hbond substituents is 1. The van der Waals surface area contributed by atoms with Gasteiger partial charge < -0.3 is 15.3 Å². The number of benzene rings is 1. The molecular weight excluding hydrogens is 471 g/mol. The molecule has 1 aromatic carbocycles. The van der Waals surface area contributed by atoms with Gasteiger partial charge in [-0.3, -0.25) is 9.69 Å². The number of amidine groups is 1. The lowest BCUT2D eigenvalue weighted by atomic mass is 10.1. The monoisotopic (exact) mass is 491 g/mol. The van der Waals surface area contributed by atoms with Crippen LogP contribution in [0.2, 0.25) is 0 Å². The minimum atomic E-state index is -4.71. The second kappa shape index (κ2) is 8.69. The molecule has 14 heteroatoms. The molecule has 1 amide bonds. The molecule has 2 atom stereocenters. The van der Waals surface area contributed by atoms with Gasteiger partial charge in [0.25, 0.3) is 5.91 Å². The van der Waals surface area contributed by atoms with Gasteiger partial charge >= 0.3 is 16.4 Å². The van der Waals surface area contributed by atoms with Crippen molar-refractivity contribution in [1.82, 2.24) is 14.9 Å². The number of carbonyl (C=O) groups is 1. The Morgan fingerprint density at radius 2 is 1.97 bits per heavy atom. The lowest BCUT2D eigenvalue weighted by molar-refractivity contribution is -0.185. The number of phenols is 1. The average molecular weight is 492 g/mol. The number of para-hydroxylation sites is 1. The van der Waals surface area contributed by atoms with Crippen LogP contribution in [-0.4, -0.2) is 63.7 Å². The second-order valence-corrected chi connectivity index (χ2v) is 9.23. The third-order valence-corrected chi connectivity index (χ3v) is 6.72. The number of carbonyl (C=O) groups excluding carboxylic acids is 1. The zero-order valence-electron chi connectivity index (χ0n) is 17.1. The molecule has 32 heavy (non-hydrogen) atoms. The summed E-state index contributed by atoms with van der Waals surface area (Å²) < 4.78 is 71.9. The first-order valence-electron chi connectivity index (χ1n) is 9.09. The number of nitrogens with one attached hydrogen (secondary N) is 2. The lowest BCUT2D eigenvalue weighted by Gasteiger charge is -2.35. The standard InChI is InChI=1S/C18H20F3N5O4S2/c1-22-17(28)10-6-4-7-11(13(10)27)25(2)15-16(24-32(29,30)23-15)26(3)14(18(19,20)21)12-8-5-9-31-12/h4-9,14,16,24,27H,1-3H3,(H,22,28)/t14-,16?/m0/s1. The minimum Gasteiger partial charge on any atom is -0.505 e. The Kier molecular flexibility index (Phi) is 6.51. The van der Waals surface area contributed by atoms with E-state index < -0.39 is 40.2 Å². The molecule has 0 saturated heterocycles. The van der Waals surface area contributed by atoms with E-state index in [2.05, 4.69) is 14.4 Å². The molecule has 174 valence electrons. The highest BCUT2D eigenvalue weighted by Gasteiger charge is 2.49. The quantitative estimate of drug-likeness (QED) is 0.590. The van der Waals surface area contributed by atoms with Gasteiger partial charge in [-0.2, -0.15) is 26.3 Å². The van der Waals surface area contributed by atoms with E-state index in [0.717, 1.165) is 28.2 Å². The molecule has 1 aromatic heterocycles. The Balaban J connectivity index is 2.04. The van der Waals surface area contributed by atoms with E-state index in [-0.39, 0.29) is 22.0 Å². The maximum absolute atomic E-state index is 13.9. The Morgan fingerprint density at radius 3 is 2.53 bits per heavy atom. The van der Waals surface area contributed by atoms with Gasteiger partial charge in [-0.25, -0.2) is 0 Å². The summed E-state index contributed by atoms with van der Waals surface area (Å²) in [5.74, 6) is -1.38. The molecule has 0 spiro atoms. The van der Waals surface area contributed by atoms with Crippen molar-refractivity contribution in [1.29, 1.82) is 0 Å². The summed E-state index contributed by atoms with van der Waals surface area (Å²) in [6, 6.07) is 4.83. The van der Waals surface area contributed by atoms with Crippen molar-refractivity contribution >= 4 is 39.0 Å². The third kappa shape index (κ3) is 4.57. The summed E-state index contributed by atoms with van der Waals surface area (Å²) in [5.41, 5.74) is -0.107. The van der Waals surface area contributed by atoms with E-state index in [4.69, 9.17) is 0 Å². The average Bonchev–Trinajstić information content (AvgIpc) is 3.33. The van der Waals surface area contributed by atoms with Crippen molar-refractivity contribution in [2.45, 2.75) is 18.4 Å². The molecular formula is C18H20F3N5O4S2. The number of nitrogens with zero attached hydrogens (tertiary/aromatic N) is 3.